The third-order valence-corrected chi connectivity index (χ3v) is 9.55. The molecule has 172 valence electrons. The van der Waals surface area contributed by atoms with Gasteiger partial charge in [-0.05, 0) is 38.0 Å². The first-order valence-electron chi connectivity index (χ1n) is 11.3. The summed E-state index contributed by atoms with van der Waals surface area (Å²) in [7, 11) is 0. The van der Waals surface area contributed by atoms with E-state index in [0.717, 1.165) is 61.9 Å². The van der Waals surface area contributed by atoms with Crippen molar-refractivity contribution < 1.29 is 9.47 Å². The number of rotatable bonds is 4. The van der Waals surface area contributed by atoms with Crippen LogP contribution >= 0.6 is 34.0 Å². The van der Waals surface area contributed by atoms with Gasteiger partial charge in [0.2, 0.25) is 6.79 Å². The van der Waals surface area contributed by atoms with Crippen molar-refractivity contribution in [3.8, 4) is 22.1 Å². The van der Waals surface area contributed by atoms with Crippen molar-refractivity contribution in [2.24, 2.45) is 0 Å². The first kappa shape index (κ1) is 20.6. The predicted molar refractivity (Wildman–Crippen MR) is 141 cm³/mol. The number of aromatic nitrogens is 2. The summed E-state index contributed by atoms with van der Waals surface area (Å²) in [5, 5.41) is 6.77. The van der Waals surface area contributed by atoms with Crippen LogP contribution < -0.4 is 14.8 Å². The van der Waals surface area contributed by atoms with Gasteiger partial charge in [-0.1, -0.05) is 23.5 Å². The fourth-order valence-electron chi connectivity index (χ4n) is 4.63. The molecule has 0 saturated carbocycles. The molecule has 0 saturated heterocycles. The predicted octanol–water partition coefficient (Wildman–Crippen LogP) is 6.87. The second-order valence-corrected chi connectivity index (χ2v) is 12.0. The second kappa shape index (κ2) is 7.91. The lowest BCUT2D eigenvalue weighted by Gasteiger charge is -2.30. The number of hydrogen-bond acceptors (Lipinski definition) is 9. The van der Waals surface area contributed by atoms with Crippen molar-refractivity contribution in [2.45, 2.75) is 32.9 Å². The number of nitrogens with one attached hydrogen (secondary N) is 1. The standard InChI is InChI=1S/C25H22N4O2S3/c1-13(2)29-8-7-14-21(11-29)33-24(22(14)23-26-15-5-3-4-6-19(15)32-23)28-25-27-16-9-17-18(31-12-30-17)10-20(16)34-25/h3-6,9-10,13H,7-8,11-12H2,1-2H3,(H,27,28). The number of nitrogens with zero attached hydrogens (tertiary/aromatic N) is 3. The number of fused-ring (bicyclic) bond motifs is 4. The Kier molecular flexibility index (Phi) is 4.80. The highest BCUT2D eigenvalue weighted by Gasteiger charge is 2.28. The van der Waals surface area contributed by atoms with Crippen LogP contribution in [0.1, 0.15) is 24.3 Å². The van der Waals surface area contributed by atoms with E-state index < -0.39 is 0 Å². The minimum atomic E-state index is 0.275. The minimum absolute atomic E-state index is 0.275. The van der Waals surface area contributed by atoms with E-state index in [1.807, 2.05) is 23.5 Å². The lowest BCUT2D eigenvalue weighted by atomic mass is 10.0. The Balaban J connectivity index is 1.33. The highest BCUT2D eigenvalue weighted by atomic mass is 32.1. The maximum atomic E-state index is 5.55. The topological polar surface area (TPSA) is 59.5 Å². The highest BCUT2D eigenvalue weighted by molar-refractivity contribution is 7.24. The van der Waals surface area contributed by atoms with Crippen LogP contribution in [-0.2, 0) is 13.0 Å². The van der Waals surface area contributed by atoms with Crippen molar-refractivity contribution in [3.05, 3.63) is 46.8 Å². The Hall–Kier alpha value is -2.72. The Morgan fingerprint density at radius 2 is 1.82 bits per heavy atom. The van der Waals surface area contributed by atoms with Crippen LogP contribution in [0, 0.1) is 0 Å². The van der Waals surface area contributed by atoms with Gasteiger partial charge >= 0.3 is 0 Å². The Labute approximate surface area is 208 Å². The van der Waals surface area contributed by atoms with Gasteiger partial charge in [0.1, 0.15) is 10.0 Å². The summed E-state index contributed by atoms with van der Waals surface area (Å²) in [5.41, 5.74) is 4.66. The molecule has 0 bridgehead atoms. The lowest BCUT2D eigenvalue weighted by molar-refractivity contribution is 0.174. The Bertz CT molecular complexity index is 1480. The van der Waals surface area contributed by atoms with E-state index in [1.54, 1.807) is 22.7 Å². The molecular formula is C25H22N4O2S3. The summed E-state index contributed by atoms with van der Waals surface area (Å²) in [6.45, 7) is 6.89. The SMILES string of the molecule is CC(C)N1CCc2c(sc(Nc3nc4cc5c(cc4s3)OCO5)c2-c2nc3ccccc3s2)C1. The molecule has 5 aromatic rings. The van der Waals surface area contributed by atoms with Gasteiger partial charge in [0.25, 0.3) is 0 Å². The molecule has 0 unspecified atom stereocenters. The normalized spacial score (nSPS) is 15.5. The molecule has 7 rings (SSSR count). The van der Waals surface area contributed by atoms with E-state index in [9.17, 15) is 0 Å². The van der Waals surface area contributed by atoms with Crippen LogP contribution in [-0.4, -0.2) is 34.2 Å². The first-order chi connectivity index (χ1) is 16.6. The fourth-order valence-corrected chi connectivity index (χ4v) is 7.95. The number of ether oxygens (including phenoxy) is 2. The van der Waals surface area contributed by atoms with E-state index >= 15 is 0 Å². The van der Waals surface area contributed by atoms with Crippen molar-refractivity contribution in [1.82, 2.24) is 14.9 Å². The third kappa shape index (κ3) is 3.38. The molecular weight excluding hydrogens is 485 g/mol. The molecule has 2 aromatic carbocycles. The van der Waals surface area contributed by atoms with Gasteiger partial charge in [-0.15, -0.1) is 22.7 Å². The van der Waals surface area contributed by atoms with Crippen LogP contribution in [0.4, 0.5) is 10.1 Å². The molecule has 2 aliphatic rings. The summed E-state index contributed by atoms with van der Waals surface area (Å²) in [6.07, 6.45) is 1.04. The maximum Gasteiger partial charge on any atom is 0.231 e. The molecule has 6 nitrogen and oxygen atoms in total. The quantitative estimate of drug-likeness (QED) is 0.287. The van der Waals surface area contributed by atoms with Gasteiger partial charge in [0.05, 0.1) is 20.4 Å². The molecule has 3 aromatic heterocycles. The van der Waals surface area contributed by atoms with Crippen molar-refractivity contribution in [3.63, 3.8) is 0 Å². The molecule has 0 atom stereocenters. The number of hydrogen-bond donors (Lipinski definition) is 1. The summed E-state index contributed by atoms with van der Waals surface area (Å²) in [4.78, 5) is 13.9. The molecule has 0 amide bonds. The number of anilines is 2. The summed E-state index contributed by atoms with van der Waals surface area (Å²) < 4.78 is 13.4. The van der Waals surface area contributed by atoms with Gasteiger partial charge < -0.3 is 14.8 Å². The van der Waals surface area contributed by atoms with Crippen LogP contribution in [0.2, 0.25) is 0 Å². The van der Waals surface area contributed by atoms with Crippen molar-refractivity contribution >= 4 is 64.6 Å². The van der Waals surface area contributed by atoms with Crippen molar-refractivity contribution in [1.29, 1.82) is 0 Å². The van der Waals surface area contributed by atoms with E-state index in [4.69, 9.17) is 19.4 Å². The van der Waals surface area contributed by atoms with Crippen LogP contribution in [0.25, 0.3) is 31.0 Å². The van der Waals surface area contributed by atoms with Gasteiger partial charge in [-0.2, -0.15) is 0 Å². The molecule has 5 heterocycles. The third-order valence-electron chi connectivity index (χ3n) is 6.43. The first-order valence-corrected chi connectivity index (χ1v) is 13.8. The van der Waals surface area contributed by atoms with Crippen molar-refractivity contribution in [2.75, 3.05) is 18.7 Å². The molecule has 0 radical (unpaired) electrons. The summed E-state index contributed by atoms with van der Waals surface area (Å²) >= 11 is 5.26. The summed E-state index contributed by atoms with van der Waals surface area (Å²) in [5.74, 6) is 1.55. The average Bonchev–Trinajstić information content (AvgIpc) is 3.59. The zero-order valence-corrected chi connectivity index (χ0v) is 21.2. The summed E-state index contributed by atoms with van der Waals surface area (Å²) in [6, 6.07) is 12.9. The molecule has 0 aliphatic carbocycles. The zero-order valence-electron chi connectivity index (χ0n) is 18.8. The van der Waals surface area contributed by atoms with E-state index in [0.29, 0.717) is 6.04 Å². The van der Waals surface area contributed by atoms with E-state index in [2.05, 4.69) is 48.3 Å². The number of thiazole rings is 2. The average molecular weight is 507 g/mol. The molecule has 0 spiro atoms. The smallest absolute Gasteiger partial charge is 0.231 e. The van der Waals surface area contributed by atoms with Gasteiger partial charge in [-0.3, -0.25) is 4.90 Å². The highest BCUT2D eigenvalue weighted by Crippen LogP contribution is 2.48. The number of para-hydroxylation sites is 1. The van der Waals surface area contributed by atoms with Gasteiger partial charge in [-0.25, -0.2) is 9.97 Å². The molecule has 9 heteroatoms. The Morgan fingerprint density at radius 3 is 2.68 bits per heavy atom. The zero-order chi connectivity index (χ0) is 22.8. The molecule has 2 aliphatic heterocycles. The lowest BCUT2D eigenvalue weighted by Crippen LogP contribution is -2.35. The monoisotopic (exact) mass is 506 g/mol. The minimum Gasteiger partial charge on any atom is -0.454 e. The van der Waals surface area contributed by atoms with Gasteiger partial charge in [0.15, 0.2) is 16.6 Å². The molecule has 1 N–H and O–H groups in total. The Morgan fingerprint density at radius 1 is 0.971 bits per heavy atom. The largest absolute Gasteiger partial charge is 0.454 e. The molecule has 34 heavy (non-hydrogen) atoms. The molecule has 0 fully saturated rings. The van der Waals surface area contributed by atoms with Crippen LogP contribution in [0.5, 0.6) is 11.5 Å². The fraction of sp³-hybridized carbons (Fsp3) is 0.280. The number of thiophene rings is 1. The van der Waals surface area contributed by atoms with Crippen LogP contribution in [0.3, 0.4) is 0 Å². The van der Waals surface area contributed by atoms with E-state index in [-0.39, 0.29) is 6.79 Å². The maximum absolute atomic E-state index is 5.55. The van der Waals surface area contributed by atoms with Crippen LogP contribution in [0.15, 0.2) is 36.4 Å². The second-order valence-electron chi connectivity index (χ2n) is 8.83. The van der Waals surface area contributed by atoms with Gasteiger partial charge in [0, 0.05) is 41.7 Å². The van der Waals surface area contributed by atoms with E-state index in [1.165, 1.54) is 20.7 Å². The number of benzene rings is 2.